The molecule has 0 spiro atoms. The molecule has 1 unspecified atom stereocenters. The Labute approximate surface area is 135 Å². The van der Waals surface area contributed by atoms with Crippen LogP contribution in [0.15, 0.2) is 18.2 Å². The number of carbonyl (C=O) groups excluding carboxylic acids is 2. The molecule has 0 bridgehead atoms. The Morgan fingerprint density at radius 2 is 1.91 bits per heavy atom. The van der Waals surface area contributed by atoms with E-state index in [-0.39, 0.29) is 18.2 Å². The molecule has 22 heavy (non-hydrogen) atoms. The van der Waals surface area contributed by atoms with Crippen LogP contribution in [0.5, 0.6) is 0 Å². The molecule has 1 aliphatic heterocycles. The van der Waals surface area contributed by atoms with Gasteiger partial charge in [-0.3, -0.25) is 9.59 Å². The third-order valence-electron chi connectivity index (χ3n) is 4.60. The summed E-state index contributed by atoms with van der Waals surface area (Å²) < 4.78 is 0. The minimum absolute atomic E-state index is 0.154. The van der Waals surface area contributed by atoms with Gasteiger partial charge in [0.15, 0.2) is 0 Å². The molecule has 1 atom stereocenters. The van der Waals surface area contributed by atoms with Gasteiger partial charge in [0, 0.05) is 11.1 Å². The number of nitrogens with one attached hydrogen (secondary N) is 1. The monoisotopic (exact) mass is 320 g/mol. The Morgan fingerprint density at radius 1 is 1.18 bits per heavy atom. The van der Waals surface area contributed by atoms with Crippen molar-refractivity contribution in [3.05, 3.63) is 28.8 Å². The molecule has 5 heteroatoms. The Bertz CT molecular complexity index is 596. The number of hydrogen-bond donors (Lipinski definition) is 1. The Hall–Kier alpha value is -1.39. The van der Waals surface area contributed by atoms with Crippen LogP contribution in [-0.4, -0.2) is 23.9 Å². The molecule has 118 valence electrons. The molecule has 3 rings (SSSR count). The second kappa shape index (κ2) is 6.39. The van der Waals surface area contributed by atoms with E-state index in [9.17, 15) is 9.59 Å². The predicted molar refractivity (Wildman–Crippen MR) is 87.1 cm³/mol. The van der Waals surface area contributed by atoms with Gasteiger partial charge in [-0.05, 0) is 37.5 Å². The smallest absolute Gasteiger partial charge is 0.251 e. The highest BCUT2D eigenvalue weighted by Crippen LogP contribution is 2.28. The molecule has 2 fully saturated rings. The molecule has 1 aromatic rings. The van der Waals surface area contributed by atoms with E-state index >= 15 is 0 Å². The number of amides is 2. The molecule has 2 amide bonds. The number of imide groups is 1. The van der Waals surface area contributed by atoms with Gasteiger partial charge in [0.2, 0.25) is 5.91 Å². The summed E-state index contributed by atoms with van der Waals surface area (Å²) in [5.41, 5.74) is 1.50. The standard InChI is InChI=1S/C17H21ClN2O2/c1-11-7-8-13(9-14(11)18)20-16(21)10-15(17(20)22)19-12-5-3-2-4-6-12/h7-9,12,15,19H,2-6,10H2,1H3. The molecule has 0 radical (unpaired) electrons. The van der Waals surface area contributed by atoms with Gasteiger partial charge in [0.25, 0.3) is 5.91 Å². The van der Waals surface area contributed by atoms with Crippen LogP contribution in [0.4, 0.5) is 5.69 Å². The van der Waals surface area contributed by atoms with Crippen LogP contribution in [0.25, 0.3) is 0 Å². The summed E-state index contributed by atoms with van der Waals surface area (Å²) >= 11 is 6.11. The average molecular weight is 321 g/mol. The first-order valence-electron chi connectivity index (χ1n) is 7.95. The molecule has 1 aromatic carbocycles. The Morgan fingerprint density at radius 3 is 2.59 bits per heavy atom. The van der Waals surface area contributed by atoms with Gasteiger partial charge in [-0.15, -0.1) is 0 Å². The molecular formula is C17H21ClN2O2. The topological polar surface area (TPSA) is 49.4 Å². The zero-order chi connectivity index (χ0) is 15.7. The van der Waals surface area contributed by atoms with Gasteiger partial charge in [0.05, 0.1) is 18.2 Å². The minimum atomic E-state index is -0.393. The lowest BCUT2D eigenvalue weighted by atomic mass is 9.95. The summed E-state index contributed by atoms with van der Waals surface area (Å²) in [5, 5.41) is 3.95. The highest BCUT2D eigenvalue weighted by Gasteiger charge is 2.40. The maximum Gasteiger partial charge on any atom is 0.251 e. The number of halogens is 1. The molecular weight excluding hydrogens is 300 g/mol. The lowest BCUT2D eigenvalue weighted by molar-refractivity contribution is -0.121. The molecule has 1 saturated carbocycles. The van der Waals surface area contributed by atoms with E-state index in [2.05, 4.69) is 5.32 Å². The number of anilines is 1. The number of benzene rings is 1. The van der Waals surface area contributed by atoms with Gasteiger partial charge in [-0.2, -0.15) is 0 Å². The lowest BCUT2D eigenvalue weighted by Gasteiger charge is -2.25. The van der Waals surface area contributed by atoms with Crippen molar-refractivity contribution in [1.29, 1.82) is 0 Å². The fraction of sp³-hybridized carbons (Fsp3) is 0.529. The van der Waals surface area contributed by atoms with Crippen molar-refractivity contribution in [2.45, 2.75) is 57.5 Å². The van der Waals surface area contributed by atoms with Crippen molar-refractivity contribution < 1.29 is 9.59 Å². The molecule has 1 aliphatic carbocycles. The predicted octanol–water partition coefficient (Wildman–Crippen LogP) is 3.20. The Balaban J connectivity index is 1.74. The number of carbonyl (C=O) groups is 2. The first-order valence-corrected chi connectivity index (χ1v) is 8.33. The molecule has 1 N–H and O–H groups in total. The average Bonchev–Trinajstić information content (AvgIpc) is 2.78. The van der Waals surface area contributed by atoms with E-state index in [0.717, 1.165) is 18.4 Å². The zero-order valence-corrected chi connectivity index (χ0v) is 13.5. The zero-order valence-electron chi connectivity index (χ0n) is 12.8. The summed E-state index contributed by atoms with van der Waals surface area (Å²) in [6, 6.07) is 5.27. The number of hydrogen-bond acceptors (Lipinski definition) is 3. The summed E-state index contributed by atoms with van der Waals surface area (Å²) in [6.07, 6.45) is 6.08. The highest BCUT2D eigenvalue weighted by atomic mass is 35.5. The SMILES string of the molecule is Cc1ccc(N2C(=O)CC(NC3CCCCC3)C2=O)cc1Cl. The van der Waals surface area contributed by atoms with Crippen LogP contribution in [0.2, 0.25) is 5.02 Å². The van der Waals surface area contributed by atoms with Crippen LogP contribution in [-0.2, 0) is 9.59 Å². The van der Waals surface area contributed by atoms with E-state index in [1.807, 2.05) is 13.0 Å². The van der Waals surface area contributed by atoms with Crippen LogP contribution in [0.3, 0.4) is 0 Å². The first-order chi connectivity index (χ1) is 10.6. The molecule has 1 heterocycles. The van der Waals surface area contributed by atoms with E-state index in [0.29, 0.717) is 16.8 Å². The van der Waals surface area contributed by atoms with Crippen molar-refractivity contribution in [2.75, 3.05) is 4.90 Å². The fourth-order valence-electron chi connectivity index (χ4n) is 3.31. The second-order valence-electron chi connectivity index (χ2n) is 6.26. The maximum atomic E-state index is 12.6. The van der Waals surface area contributed by atoms with Gasteiger partial charge in [-0.1, -0.05) is 36.9 Å². The van der Waals surface area contributed by atoms with Gasteiger partial charge >= 0.3 is 0 Å². The quantitative estimate of drug-likeness (QED) is 0.870. The van der Waals surface area contributed by atoms with Crippen LogP contribution in [0, 0.1) is 6.92 Å². The third kappa shape index (κ3) is 3.03. The van der Waals surface area contributed by atoms with Crippen LogP contribution >= 0.6 is 11.6 Å². The van der Waals surface area contributed by atoms with Crippen molar-refractivity contribution >= 4 is 29.1 Å². The molecule has 4 nitrogen and oxygen atoms in total. The normalized spacial score (nSPS) is 23.4. The lowest BCUT2D eigenvalue weighted by Crippen LogP contribution is -2.44. The van der Waals surface area contributed by atoms with Crippen LogP contribution < -0.4 is 10.2 Å². The number of rotatable bonds is 3. The van der Waals surface area contributed by atoms with E-state index in [1.54, 1.807) is 12.1 Å². The van der Waals surface area contributed by atoms with Crippen molar-refractivity contribution in [2.24, 2.45) is 0 Å². The van der Waals surface area contributed by atoms with Crippen molar-refractivity contribution in [1.82, 2.24) is 5.32 Å². The maximum absolute atomic E-state index is 12.6. The largest absolute Gasteiger partial charge is 0.303 e. The van der Waals surface area contributed by atoms with E-state index in [1.165, 1.54) is 24.2 Å². The highest BCUT2D eigenvalue weighted by molar-refractivity contribution is 6.32. The van der Waals surface area contributed by atoms with Gasteiger partial charge in [0.1, 0.15) is 0 Å². The van der Waals surface area contributed by atoms with Crippen molar-refractivity contribution in [3.63, 3.8) is 0 Å². The van der Waals surface area contributed by atoms with Gasteiger partial charge in [-0.25, -0.2) is 4.90 Å². The second-order valence-corrected chi connectivity index (χ2v) is 6.67. The summed E-state index contributed by atoms with van der Waals surface area (Å²) in [6.45, 7) is 1.90. The third-order valence-corrected chi connectivity index (χ3v) is 5.01. The summed E-state index contributed by atoms with van der Waals surface area (Å²) in [5.74, 6) is -0.311. The van der Waals surface area contributed by atoms with Crippen LogP contribution in [0.1, 0.15) is 44.1 Å². The number of aryl methyl sites for hydroxylation is 1. The summed E-state index contributed by atoms with van der Waals surface area (Å²) in [4.78, 5) is 26.1. The molecule has 0 aromatic heterocycles. The number of nitrogens with zero attached hydrogens (tertiary/aromatic N) is 1. The van der Waals surface area contributed by atoms with E-state index < -0.39 is 6.04 Å². The van der Waals surface area contributed by atoms with Gasteiger partial charge < -0.3 is 5.32 Å². The van der Waals surface area contributed by atoms with Crippen molar-refractivity contribution in [3.8, 4) is 0 Å². The summed E-state index contributed by atoms with van der Waals surface area (Å²) in [7, 11) is 0. The minimum Gasteiger partial charge on any atom is -0.303 e. The fourth-order valence-corrected chi connectivity index (χ4v) is 3.48. The van der Waals surface area contributed by atoms with E-state index in [4.69, 9.17) is 11.6 Å². The Kier molecular flexibility index (Phi) is 4.50. The first kappa shape index (κ1) is 15.5. The molecule has 1 saturated heterocycles. The molecule has 2 aliphatic rings.